The average Bonchev–Trinajstić information content (AvgIpc) is 2.18. The van der Waals surface area contributed by atoms with E-state index in [9.17, 15) is 4.79 Å². The molecule has 0 aromatic carbocycles. The molecule has 0 aliphatic rings. The Morgan fingerprint density at radius 3 is 2.75 bits per heavy atom. The van der Waals surface area contributed by atoms with Crippen molar-refractivity contribution < 1.29 is 4.79 Å². The fraction of sp³-hybridized carbons (Fsp3) is 0.444. The molecule has 88 valence electrons. The second kappa shape index (κ2) is 5.45. The van der Waals surface area contributed by atoms with Crippen molar-refractivity contribution in [3.05, 3.63) is 16.0 Å². The number of halogens is 2. The molecule has 1 heterocycles. The van der Waals surface area contributed by atoms with Crippen LogP contribution < -0.4 is 10.6 Å². The van der Waals surface area contributed by atoms with Crippen molar-refractivity contribution in [3.63, 3.8) is 0 Å². The molecule has 0 aliphatic carbocycles. The summed E-state index contributed by atoms with van der Waals surface area (Å²) in [5, 5.41) is 0.306. The van der Waals surface area contributed by atoms with E-state index in [4.69, 9.17) is 17.3 Å². The van der Waals surface area contributed by atoms with Crippen LogP contribution in [0.15, 0.2) is 10.8 Å². The second-order valence-corrected chi connectivity index (χ2v) is 4.64. The first-order valence-electron chi connectivity index (χ1n) is 4.64. The van der Waals surface area contributed by atoms with Gasteiger partial charge in [0.2, 0.25) is 5.91 Å². The third-order valence-electron chi connectivity index (χ3n) is 1.95. The fourth-order valence-electron chi connectivity index (χ4n) is 1.21. The molecule has 1 amide bonds. The molecule has 0 radical (unpaired) electrons. The maximum absolute atomic E-state index is 11.0. The van der Waals surface area contributed by atoms with Gasteiger partial charge in [0.25, 0.3) is 0 Å². The monoisotopic (exact) mass is 306 g/mol. The van der Waals surface area contributed by atoms with E-state index in [0.29, 0.717) is 15.4 Å². The molecule has 0 unspecified atom stereocenters. The zero-order chi connectivity index (χ0) is 12.3. The Kier molecular flexibility index (Phi) is 4.49. The molecule has 1 rings (SSSR count). The lowest BCUT2D eigenvalue weighted by Crippen LogP contribution is -2.39. The second-order valence-electron chi connectivity index (χ2n) is 3.49. The Hall–Kier alpha value is -0.880. The van der Waals surface area contributed by atoms with E-state index in [0.717, 1.165) is 0 Å². The standard InChI is InChI=1S/C9H12BrClN4O/c1-5(2)15(3-6(12)16)9-7(10)8(11)13-4-14-9/h4-5H,3H2,1-2H3,(H2,12,16). The highest BCUT2D eigenvalue weighted by Crippen LogP contribution is 2.29. The lowest BCUT2D eigenvalue weighted by atomic mass is 10.3. The van der Waals surface area contributed by atoms with Gasteiger partial charge in [0.05, 0.1) is 11.0 Å². The van der Waals surface area contributed by atoms with Crippen LogP contribution in [-0.4, -0.2) is 28.5 Å². The quantitative estimate of drug-likeness (QED) is 0.858. The minimum absolute atomic E-state index is 0.0785. The summed E-state index contributed by atoms with van der Waals surface area (Å²) in [6.07, 6.45) is 1.35. The summed E-state index contributed by atoms with van der Waals surface area (Å²) in [6, 6.07) is 0.0785. The SMILES string of the molecule is CC(C)N(CC(N)=O)c1ncnc(Cl)c1Br. The Morgan fingerprint density at radius 1 is 1.62 bits per heavy atom. The predicted octanol–water partition coefficient (Wildman–Crippen LogP) is 1.59. The van der Waals surface area contributed by atoms with Crippen LogP contribution in [0.3, 0.4) is 0 Å². The van der Waals surface area contributed by atoms with Gasteiger partial charge in [-0.2, -0.15) is 0 Å². The molecular weight excluding hydrogens is 295 g/mol. The lowest BCUT2D eigenvalue weighted by Gasteiger charge is -2.27. The van der Waals surface area contributed by atoms with Crippen molar-refractivity contribution in [1.82, 2.24) is 9.97 Å². The van der Waals surface area contributed by atoms with Crippen molar-refractivity contribution in [2.45, 2.75) is 19.9 Å². The third kappa shape index (κ3) is 3.05. The first-order valence-corrected chi connectivity index (χ1v) is 5.81. The number of carbonyl (C=O) groups excluding carboxylic acids is 1. The highest BCUT2D eigenvalue weighted by Gasteiger charge is 2.18. The first kappa shape index (κ1) is 13.2. The Balaban J connectivity index is 3.10. The number of primary amides is 1. The number of hydrogen-bond acceptors (Lipinski definition) is 4. The largest absolute Gasteiger partial charge is 0.368 e. The normalized spacial score (nSPS) is 10.6. The molecule has 7 heteroatoms. The molecule has 0 bridgehead atoms. The molecular formula is C9H12BrClN4O. The Labute approximate surface area is 107 Å². The maximum atomic E-state index is 11.0. The number of carbonyl (C=O) groups is 1. The summed E-state index contributed by atoms with van der Waals surface area (Å²) in [4.78, 5) is 20.6. The number of anilines is 1. The van der Waals surface area contributed by atoms with Gasteiger partial charge in [-0.25, -0.2) is 9.97 Å². The molecule has 0 fully saturated rings. The molecule has 16 heavy (non-hydrogen) atoms. The van der Waals surface area contributed by atoms with Gasteiger partial charge in [0.15, 0.2) is 0 Å². The van der Waals surface area contributed by atoms with Crippen LogP contribution in [0, 0.1) is 0 Å². The van der Waals surface area contributed by atoms with Gasteiger partial charge in [0, 0.05) is 6.04 Å². The van der Waals surface area contributed by atoms with Crippen LogP contribution in [0.5, 0.6) is 0 Å². The van der Waals surface area contributed by atoms with Crippen LogP contribution in [0.1, 0.15) is 13.8 Å². The van der Waals surface area contributed by atoms with Crippen LogP contribution in [0.4, 0.5) is 5.82 Å². The summed E-state index contributed by atoms with van der Waals surface area (Å²) in [5.41, 5.74) is 5.18. The van der Waals surface area contributed by atoms with E-state index >= 15 is 0 Å². The van der Waals surface area contributed by atoms with Gasteiger partial charge >= 0.3 is 0 Å². The summed E-state index contributed by atoms with van der Waals surface area (Å²) in [5.74, 6) is 0.143. The minimum Gasteiger partial charge on any atom is -0.368 e. The molecule has 0 saturated heterocycles. The number of nitrogens with zero attached hydrogens (tertiary/aromatic N) is 3. The number of rotatable bonds is 4. The van der Waals surface area contributed by atoms with E-state index in [1.807, 2.05) is 13.8 Å². The zero-order valence-electron chi connectivity index (χ0n) is 8.94. The summed E-state index contributed by atoms with van der Waals surface area (Å²) in [7, 11) is 0. The van der Waals surface area contributed by atoms with Gasteiger partial charge in [-0.3, -0.25) is 4.79 Å². The van der Waals surface area contributed by atoms with Crippen LogP contribution in [0.25, 0.3) is 0 Å². The lowest BCUT2D eigenvalue weighted by molar-refractivity contribution is -0.116. The van der Waals surface area contributed by atoms with Crippen molar-refractivity contribution >= 4 is 39.3 Å². The predicted molar refractivity (Wildman–Crippen MR) is 66.4 cm³/mol. The molecule has 2 N–H and O–H groups in total. The molecule has 5 nitrogen and oxygen atoms in total. The molecule has 0 saturated carbocycles. The molecule has 0 aliphatic heterocycles. The number of aromatic nitrogens is 2. The number of hydrogen-bond donors (Lipinski definition) is 1. The van der Waals surface area contributed by atoms with E-state index < -0.39 is 5.91 Å². The highest BCUT2D eigenvalue weighted by molar-refractivity contribution is 9.10. The Bertz CT molecular complexity index is 399. The first-order chi connectivity index (χ1) is 7.43. The molecule has 1 aromatic heterocycles. The molecule has 0 spiro atoms. The molecule has 0 atom stereocenters. The average molecular weight is 308 g/mol. The van der Waals surface area contributed by atoms with Crippen LogP contribution in [-0.2, 0) is 4.79 Å². The zero-order valence-corrected chi connectivity index (χ0v) is 11.3. The smallest absolute Gasteiger partial charge is 0.237 e. The highest BCUT2D eigenvalue weighted by atomic mass is 79.9. The number of amides is 1. The van der Waals surface area contributed by atoms with Crippen LogP contribution in [0.2, 0.25) is 5.15 Å². The van der Waals surface area contributed by atoms with Gasteiger partial charge in [-0.05, 0) is 29.8 Å². The van der Waals surface area contributed by atoms with E-state index in [1.54, 1.807) is 4.90 Å². The topological polar surface area (TPSA) is 72.1 Å². The van der Waals surface area contributed by atoms with Gasteiger partial charge in [-0.1, -0.05) is 11.6 Å². The molecule has 1 aromatic rings. The van der Waals surface area contributed by atoms with Crippen LogP contribution >= 0.6 is 27.5 Å². The van der Waals surface area contributed by atoms with Gasteiger partial charge < -0.3 is 10.6 Å². The Morgan fingerprint density at radius 2 is 2.25 bits per heavy atom. The van der Waals surface area contributed by atoms with Crippen molar-refractivity contribution in [2.24, 2.45) is 5.73 Å². The van der Waals surface area contributed by atoms with E-state index in [1.165, 1.54) is 6.33 Å². The van der Waals surface area contributed by atoms with Crippen molar-refractivity contribution in [2.75, 3.05) is 11.4 Å². The maximum Gasteiger partial charge on any atom is 0.237 e. The summed E-state index contributed by atoms with van der Waals surface area (Å²) < 4.78 is 0.562. The summed E-state index contributed by atoms with van der Waals surface area (Å²) in [6.45, 7) is 3.96. The van der Waals surface area contributed by atoms with Gasteiger partial charge in [-0.15, -0.1) is 0 Å². The van der Waals surface area contributed by atoms with Gasteiger partial charge in [0.1, 0.15) is 17.3 Å². The van der Waals surface area contributed by atoms with Crippen molar-refractivity contribution in [3.8, 4) is 0 Å². The minimum atomic E-state index is -0.421. The van der Waals surface area contributed by atoms with E-state index in [2.05, 4.69) is 25.9 Å². The van der Waals surface area contributed by atoms with E-state index in [-0.39, 0.29) is 12.6 Å². The fourth-order valence-corrected chi connectivity index (χ4v) is 1.77. The number of nitrogens with two attached hydrogens (primary N) is 1. The third-order valence-corrected chi connectivity index (χ3v) is 3.20. The van der Waals surface area contributed by atoms with Crippen molar-refractivity contribution in [1.29, 1.82) is 0 Å². The summed E-state index contributed by atoms with van der Waals surface area (Å²) >= 11 is 9.15.